The number of aliphatic hydroxyl groups excluding tert-OH is 1. The molecule has 1 aromatic carbocycles. The molecule has 1 N–H and O–H groups in total. The number of hydrogen-bond acceptors (Lipinski definition) is 2. The Morgan fingerprint density at radius 1 is 1.25 bits per heavy atom. The van der Waals surface area contributed by atoms with Crippen molar-refractivity contribution in [3.63, 3.8) is 0 Å². The quantitative estimate of drug-likeness (QED) is 0.843. The minimum absolute atomic E-state index is 0.196. The van der Waals surface area contributed by atoms with Gasteiger partial charge < -0.3 is 5.11 Å². The number of allylic oxidation sites excluding steroid dienone is 1. The van der Waals surface area contributed by atoms with Gasteiger partial charge in [0.2, 0.25) is 0 Å². The molecular weight excluding hydrogens is 200 g/mol. The summed E-state index contributed by atoms with van der Waals surface area (Å²) in [6.07, 6.45) is 4.40. The van der Waals surface area contributed by atoms with Crippen molar-refractivity contribution in [2.24, 2.45) is 0 Å². The van der Waals surface area contributed by atoms with Gasteiger partial charge in [-0.1, -0.05) is 36.4 Å². The van der Waals surface area contributed by atoms with Crippen molar-refractivity contribution in [2.75, 3.05) is 0 Å². The molecule has 0 amide bonds. The zero-order valence-electron chi connectivity index (χ0n) is 9.23. The lowest BCUT2D eigenvalue weighted by Gasteiger charge is -2.15. The van der Waals surface area contributed by atoms with Crippen molar-refractivity contribution in [3.05, 3.63) is 47.5 Å². The molecule has 0 spiro atoms. The molecular formula is C14H16O2. The normalized spacial score (nSPS) is 18.1. The zero-order chi connectivity index (χ0) is 11.4. The topological polar surface area (TPSA) is 37.3 Å². The molecule has 0 aliphatic heterocycles. The van der Waals surface area contributed by atoms with Gasteiger partial charge >= 0.3 is 0 Å². The predicted molar refractivity (Wildman–Crippen MR) is 63.0 cm³/mol. The van der Waals surface area contributed by atoms with E-state index in [0.717, 1.165) is 24.0 Å². The summed E-state index contributed by atoms with van der Waals surface area (Å²) >= 11 is 0. The average Bonchev–Trinajstić information content (AvgIpc) is 2.33. The summed E-state index contributed by atoms with van der Waals surface area (Å²) in [7, 11) is 0. The Morgan fingerprint density at radius 2 is 2.00 bits per heavy atom. The first-order valence-electron chi connectivity index (χ1n) is 5.72. The van der Waals surface area contributed by atoms with E-state index in [-0.39, 0.29) is 5.78 Å². The maximum Gasteiger partial charge on any atom is 0.158 e. The molecule has 2 rings (SSSR count). The van der Waals surface area contributed by atoms with Gasteiger partial charge in [0.05, 0.1) is 6.10 Å². The van der Waals surface area contributed by atoms with E-state index in [1.54, 1.807) is 0 Å². The molecule has 16 heavy (non-hydrogen) atoms. The van der Waals surface area contributed by atoms with E-state index in [1.165, 1.54) is 0 Å². The van der Waals surface area contributed by atoms with Crippen LogP contribution in [0.25, 0.3) is 0 Å². The number of rotatable bonds is 3. The van der Waals surface area contributed by atoms with E-state index in [1.807, 2.05) is 36.4 Å². The van der Waals surface area contributed by atoms with Gasteiger partial charge in [-0.05, 0) is 24.0 Å². The van der Waals surface area contributed by atoms with Crippen LogP contribution >= 0.6 is 0 Å². The van der Waals surface area contributed by atoms with E-state index >= 15 is 0 Å². The van der Waals surface area contributed by atoms with E-state index in [2.05, 4.69) is 0 Å². The number of Topliss-reactive ketones (excluding diaryl/α,β-unsaturated/α-hetero) is 1. The van der Waals surface area contributed by atoms with Crippen LogP contribution in [0.15, 0.2) is 42.0 Å². The summed E-state index contributed by atoms with van der Waals surface area (Å²) in [6.45, 7) is 0. The Balaban J connectivity index is 2.05. The highest BCUT2D eigenvalue weighted by Gasteiger charge is 2.17. The van der Waals surface area contributed by atoms with Crippen molar-refractivity contribution in [1.82, 2.24) is 0 Å². The van der Waals surface area contributed by atoms with Crippen LogP contribution in [-0.4, -0.2) is 10.9 Å². The van der Waals surface area contributed by atoms with Gasteiger partial charge in [-0.2, -0.15) is 0 Å². The second-order valence-corrected chi connectivity index (χ2v) is 4.18. The highest BCUT2D eigenvalue weighted by Crippen LogP contribution is 2.25. The van der Waals surface area contributed by atoms with E-state index in [4.69, 9.17) is 0 Å². The largest absolute Gasteiger partial charge is 0.388 e. The standard InChI is InChI=1S/C14H16O2/c15-13-9-5-4-8-12(13)10-14(16)11-6-2-1-3-7-11/h1-3,6-8,14,16H,4-5,9-10H2. The molecule has 0 aromatic heterocycles. The summed E-state index contributed by atoms with van der Waals surface area (Å²) < 4.78 is 0. The van der Waals surface area contributed by atoms with Gasteiger partial charge in [0, 0.05) is 12.8 Å². The molecule has 1 atom stereocenters. The third kappa shape index (κ3) is 2.58. The lowest BCUT2D eigenvalue weighted by Crippen LogP contribution is -2.10. The average molecular weight is 216 g/mol. The summed E-state index contributed by atoms with van der Waals surface area (Å²) in [4.78, 5) is 11.6. The Kier molecular flexibility index (Phi) is 3.52. The second-order valence-electron chi connectivity index (χ2n) is 4.18. The van der Waals surface area contributed by atoms with Crippen LogP contribution in [0.4, 0.5) is 0 Å². The first-order chi connectivity index (χ1) is 7.77. The maximum atomic E-state index is 11.6. The van der Waals surface area contributed by atoms with Crippen LogP contribution in [0.2, 0.25) is 0 Å². The minimum Gasteiger partial charge on any atom is -0.388 e. The Morgan fingerprint density at radius 3 is 2.69 bits per heavy atom. The van der Waals surface area contributed by atoms with Gasteiger partial charge in [-0.15, -0.1) is 0 Å². The SMILES string of the molecule is O=C1CCCC=C1CC(O)c1ccccc1. The third-order valence-corrected chi connectivity index (χ3v) is 2.95. The smallest absolute Gasteiger partial charge is 0.158 e. The lowest BCUT2D eigenvalue weighted by molar-refractivity contribution is -0.116. The van der Waals surface area contributed by atoms with Crippen LogP contribution in [0.3, 0.4) is 0 Å². The predicted octanol–water partition coefficient (Wildman–Crippen LogP) is 2.79. The number of carbonyl (C=O) groups excluding carboxylic acids is 1. The molecule has 2 nitrogen and oxygen atoms in total. The third-order valence-electron chi connectivity index (χ3n) is 2.95. The fourth-order valence-electron chi connectivity index (χ4n) is 2.01. The van der Waals surface area contributed by atoms with E-state index in [0.29, 0.717) is 12.8 Å². The monoisotopic (exact) mass is 216 g/mol. The van der Waals surface area contributed by atoms with Gasteiger partial charge in [0.15, 0.2) is 5.78 Å². The van der Waals surface area contributed by atoms with Gasteiger partial charge in [-0.3, -0.25) is 4.79 Å². The summed E-state index contributed by atoms with van der Waals surface area (Å²) in [5, 5.41) is 10.00. The van der Waals surface area contributed by atoms with Crippen LogP contribution in [-0.2, 0) is 4.79 Å². The molecule has 1 aliphatic rings. The van der Waals surface area contributed by atoms with Crippen LogP contribution < -0.4 is 0 Å². The van der Waals surface area contributed by atoms with Gasteiger partial charge in [0.1, 0.15) is 0 Å². The van der Waals surface area contributed by atoms with Crippen molar-refractivity contribution < 1.29 is 9.90 Å². The van der Waals surface area contributed by atoms with Crippen molar-refractivity contribution in [1.29, 1.82) is 0 Å². The van der Waals surface area contributed by atoms with Gasteiger partial charge in [0.25, 0.3) is 0 Å². The maximum absolute atomic E-state index is 11.6. The molecule has 1 aromatic rings. The molecule has 0 heterocycles. The highest BCUT2D eigenvalue weighted by atomic mass is 16.3. The Bertz CT molecular complexity index is 392. The molecule has 84 valence electrons. The molecule has 0 bridgehead atoms. The van der Waals surface area contributed by atoms with Crippen molar-refractivity contribution in [3.8, 4) is 0 Å². The van der Waals surface area contributed by atoms with E-state index < -0.39 is 6.10 Å². The summed E-state index contributed by atoms with van der Waals surface area (Å²) in [5.41, 5.74) is 1.67. The minimum atomic E-state index is -0.561. The van der Waals surface area contributed by atoms with Crippen molar-refractivity contribution >= 4 is 5.78 Å². The number of carbonyl (C=O) groups is 1. The van der Waals surface area contributed by atoms with Crippen LogP contribution in [0.1, 0.15) is 37.4 Å². The van der Waals surface area contributed by atoms with Crippen LogP contribution in [0, 0.1) is 0 Å². The number of benzene rings is 1. The Labute approximate surface area is 95.6 Å². The lowest BCUT2D eigenvalue weighted by atomic mass is 9.92. The number of ketones is 1. The fourth-order valence-corrected chi connectivity index (χ4v) is 2.01. The molecule has 0 radical (unpaired) electrons. The van der Waals surface area contributed by atoms with Crippen LogP contribution in [0.5, 0.6) is 0 Å². The number of hydrogen-bond donors (Lipinski definition) is 1. The summed E-state index contributed by atoms with van der Waals surface area (Å²) in [6, 6.07) is 9.49. The second kappa shape index (κ2) is 5.08. The number of aliphatic hydroxyl groups is 1. The molecule has 1 unspecified atom stereocenters. The first kappa shape index (κ1) is 11.1. The molecule has 0 saturated heterocycles. The van der Waals surface area contributed by atoms with Crippen molar-refractivity contribution in [2.45, 2.75) is 31.8 Å². The van der Waals surface area contributed by atoms with E-state index in [9.17, 15) is 9.90 Å². The molecule has 2 heteroatoms. The first-order valence-corrected chi connectivity index (χ1v) is 5.72. The molecule has 1 aliphatic carbocycles. The Hall–Kier alpha value is -1.41. The zero-order valence-corrected chi connectivity index (χ0v) is 9.23. The molecule has 0 saturated carbocycles. The molecule has 0 fully saturated rings. The fraction of sp³-hybridized carbons (Fsp3) is 0.357. The summed E-state index contributed by atoms with van der Waals surface area (Å²) in [5.74, 6) is 0.196. The van der Waals surface area contributed by atoms with Gasteiger partial charge in [-0.25, -0.2) is 0 Å². The highest BCUT2D eigenvalue weighted by molar-refractivity contribution is 5.96.